The number of rotatable bonds is 13. The fraction of sp³-hybridized carbons (Fsp3) is 0.600. The number of amides is 2. The zero-order chi connectivity index (χ0) is 24.9. The molecular formula is C25H39N3O4S. The van der Waals surface area contributed by atoms with E-state index in [1.165, 1.54) is 0 Å². The number of nitrogens with one attached hydrogen (secondary N) is 3. The molecule has 2 amide bonds. The molecule has 2 atom stereocenters. The van der Waals surface area contributed by atoms with Gasteiger partial charge in [0.05, 0.1) is 6.54 Å². The molecule has 0 heterocycles. The number of hydrogen-bond acceptors (Lipinski definition) is 6. The minimum absolute atomic E-state index is 0.0501. The van der Waals surface area contributed by atoms with Crippen LogP contribution in [0.25, 0.3) is 0 Å². The van der Waals surface area contributed by atoms with Crippen LogP contribution in [-0.2, 0) is 9.53 Å². The Hall–Kier alpha value is -2.21. The van der Waals surface area contributed by atoms with Gasteiger partial charge in [-0.2, -0.15) is 0 Å². The third kappa shape index (κ3) is 14.5. The first-order valence-electron chi connectivity index (χ1n) is 11.3. The second-order valence-electron chi connectivity index (χ2n) is 9.21. The molecule has 7 nitrogen and oxygen atoms in total. The molecule has 0 aliphatic heterocycles. The normalized spacial score (nSPS) is 13.0. The van der Waals surface area contributed by atoms with Crippen LogP contribution in [0.4, 0.5) is 0 Å². The van der Waals surface area contributed by atoms with Crippen molar-refractivity contribution in [3.8, 4) is 17.6 Å². The first-order chi connectivity index (χ1) is 15.5. The molecule has 1 aromatic carbocycles. The van der Waals surface area contributed by atoms with Gasteiger partial charge < -0.3 is 25.4 Å². The van der Waals surface area contributed by atoms with Crippen molar-refractivity contribution in [3.05, 3.63) is 29.8 Å². The summed E-state index contributed by atoms with van der Waals surface area (Å²) in [6, 6.07) is 7.40. The predicted octanol–water partition coefficient (Wildman–Crippen LogP) is 3.01. The molecule has 0 aliphatic rings. The Balaban J connectivity index is 2.38. The number of thiol groups is 1. The molecule has 1 rings (SSSR count). The standard InChI is InChI=1S/C25H39N3O4S/c1-18(2)26-14-11-19(3)28-24(30)20-9-7-10-21(15-20)31-17-23(33)32-16-22(29)27-13-8-12-25(4,5)6/h7,9-10,15,18-19,23,26,33H,11,13-14,16-17H2,1-6H3,(H,27,29)(H,28,30). The summed E-state index contributed by atoms with van der Waals surface area (Å²) in [5.41, 5.74) is -0.179. The lowest BCUT2D eigenvalue weighted by molar-refractivity contribution is -0.126. The van der Waals surface area contributed by atoms with E-state index in [1.54, 1.807) is 24.3 Å². The van der Waals surface area contributed by atoms with Gasteiger partial charge in [0, 0.05) is 23.1 Å². The predicted molar refractivity (Wildman–Crippen MR) is 136 cm³/mol. The fourth-order valence-corrected chi connectivity index (χ4v) is 2.73. The monoisotopic (exact) mass is 477 g/mol. The molecule has 0 bridgehead atoms. The van der Waals surface area contributed by atoms with E-state index < -0.39 is 5.44 Å². The van der Waals surface area contributed by atoms with Gasteiger partial charge in [-0.15, -0.1) is 12.6 Å². The van der Waals surface area contributed by atoms with Crippen LogP contribution in [0.5, 0.6) is 5.75 Å². The zero-order valence-corrected chi connectivity index (χ0v) is 21.6. The maximum absolute atomic E-state index is 12.5. The average molecular weight is 478 g/mol. The number of carbonyl (C=O) groups is 2. The van der Waals surface area contributed by atoms with Crippen molar-refractivity contribution in [2.45, 2.75) is 65.5 Å². The summed E-state index contributed by atoms with van der Waals surface area (Å²) in [6.07, 6.45) is 0.843. The molecule has 2 unspecified atom stereocenters. The Morgan fingerprint density at radius 3 is 2.58 bits per heavy atom. The summed E-state index contributed by atoms with van der Waals surface area (Å²) in [7, 11) is 0. The topological polar surface area (TPSA) is 88.7 Å². The van der Waals surface area contributed by atoms with Crippen LogP contribution in [0.1, 0.15) is 58.3 Å². The maximum atomic E-state index is 12.5. The van der Waals surface area contributed by atoms with E-state index in [0.717, 1.165) is 13.0 Å². The minimum atomic E-state index is -0.595. The van der Waals surface area contributed by atoms with Crippen molar-refractivity contribution < 1.29 is 19.1 Å². The Morgan fingerprint density at radius 2 is 1.91 bits per heavy atom. The van der Waals surface area contributed by atoms with Crippen LogP contribution in [0.15, 0.2) is 24.3 Å². The van der Waals surface area contributed by atoms with Crippen molar-refractivity contribution in [2.24, 2.45) is 5.41 Å². The highest BCUT2D eigenvalue weighted by Crippen LogP contribution is 2.15. The molecule has 1 aromatic rings. The summed E-state index contributed by atoms with van der Waals surface area (Å²) in [4.78, 5) is 24.3. The summed E-state index contributed by atoms with van der Waals surface area (Å²) < 4.78 is 11.1. The second-order valence-corrected chi connectivity index (χ2v) is 9.78. The highest BCUT2D eigenvalue weighted by Gasteiger charge is 2.12. The molecule has 0 aromatic heterocycles. The smallest absolute Gasteiger partial charge is 0.251 e. The molecule has 0 saturated carbocycles. The van der Waals surface area contributed by atoms with E-state index in [-0.39, 0.29) is 43.0 Å². The SMILES string of the molecule is CC(C)NCCC(C)NC(=O)c1cccc(OCC(S)OCC(=O)NCC#CC(C)(C)C)c1. The van der Waals surface area contributed by atoms with Crippen molar-refractivity contribution in [2.75, 3.05) is 26.3 Å². The van der Waals surface area contributed by atoms with Crippen LogP contribution in [0.2, 0.25) is 0 Å². The molecule has 0 saturated heterocycles. The van der Waals surface area contributed by atoms with Crippen LogP contribution in [-0.4, -0.2) is 55.6 Å². The second kappa shape index (κ2) is 14.8. The van der Waals surface area contributed by atoms with E-state index >= 15 is 0 Å². The van der Waals surface area contributed by atoms with Crippen molar-refractivity contribution in [1.82, 2.24) is 16.0 Å². The molecule has 0 radical (unpaired) electrons. The third-order valence-electron chi connectivity index (χ3n) is 4.24. The van der Waals surface area contributed by atoms with Crippen LogP contribution in [0.3, 0.4) is 0 Å². The quantitative estimate of drug-likeness (QED) is 0.199. The molecule has 184 valence electrons. The van der Waals surface area contributed by atoms with Gasteiger partial charge in [0.15, 0.2) is 0 Å². The number of benzene rings is 1. The summed E-state index contributed by atoms with van der Waals surface area (Å²) in [5, 5.41) is 9.01. The van der Waals surface area contributed by atoms with Gasteiger partial charge in [-0.05, 0) is 58.9 Å². The first kappa shape index (κ1) is 28.8. The molecule has 33 heavy (non-hydrogen) atoms. The highest BCUT2D eigenvalue weighted by atomic mass is 32.1. The Bertz CT molecular complexity index is 812. The van der Waals surface area contributed by atoms with E-state index in [9.17, 15) is 9.59 Å². The van der Waals surface area contributed by atoms with Gasteiger partial charge in [-0.25, -0.2) is 0 Å². The molecule has 3 N–H and O–H groups in total. The lowest BCUT2D eigenvalue weighted by Gasteiger charge is -2.16. The van der Waals surface area contributed by atoms with E-state index in [2.05, 4.69) is 54.3 Å². The Kier molecular flexibility index (Phi) is 13.0. The largest absolute Gasteiger partial charge is 0.490 e. The summed E-state index contributed by atoms with van der Waals surface area (Å²) in [6.45, 7) is 13.3. The summed E-state index contributed by atoms with van der Waals surface area (Å²) >= 11 is 4.30. The summed E-state index contributed by atoms with van der Waals surface area (Å²) in [5.74, 6) is 6.07. The average Bonchev–Trinajstić information content (AvgIpc) is 2.73. The van der Waals surface area contributed by atoms with E-state index in [0.29, 0.717) is 17.4 Å². The minimum Gasteiger partial charge on any atom is -0.490 e. The lowest BCUT2D eigenvalue weighted by atomic mass is 9.98. The molecule has 0 aliphatic carbocycles. The first-order valence-corrected chi connectivity index (χ1v) is 11.8. The van der Waals surface area contributed by atoms with Gasteiger partial charge in [0.2, 0.25) is 5.91 Å². The fourth-order valence-electron chi connectivity index (χ4n) is 2.59. The molecule has 0 fully saturated rings. The third-order valence-corrected chi connectivity index (χ3v) is 4.54. The number of hydrogen-bond donors (Lipinski definition) is 4. The maximum Gasteiger partial charge on any atom is 0.251 e. The van der Waals surface area contributed by atoms with Crippen LogP contribution >= 0.6 is 12.6 Å². The molecular weight excluding hydrogens is 438 g/mol. The number of carbonyl (C=O) groups excluding carboxylic acids is 2. The van der Waals surface area contributed by atoms with Crippen LogP contribution < -0.4 is 20.7 Å². The van der Waals surface area contributed by atoms with Gasteiger partial charge in [0.25, 0.3) is 5.91 Å². The van der Waals surface area contributed by atoms with Gasteiger partial charge in [-0.3, -0.25) is 9.59 Å². The van der Waals surface area contributed by atoms with Crippen molar-refractivity contribution >= 4 is 24.4 Å². The van der Waals surface area contributed by atoms with Gasteiger partial charge in [0.1, 0.15) is 24.4 Å². The Morgan fingerprint density at radius 1 is 1.18 bits per heavy atom. The molecule has 8 heteroatoms. The van der Waals surface area contributed by atoms with Crippen molar-refractivity contribution in [1.29, 1.82) is 0 Å². The Labute approximate surface area is 204 Å². The highest BCUT2D eigenvalue weighted by molar-refractivity contribution is 7.80. The number of ether oxygens (including phenoxy) is 2. The molecule has 0 spiro atoms. The zero-order valence-electron chi connectivity index (χ0n) is 20.7. The lowest BCUT2D eigenvalue weighted by Crippen LogP contribution is -2.36. The van der Waals surface area contributed by atoms with Gasteiger partial charge in [-0.1, -0.05) is 31.8 Å². The van der Waals surface area contributed by atoms with Gasteiger partial charge >= 0.3 is 0 Å². The van der Waals surface area contributed by atoms with E-state index in [1.807, 2.05) is 27.7 Å². The van der Waals surface area contributed by atoms with Crippen molar-refractivity contribution in [3.63, 3.8) is 0 Å². The van der Waals surface area contributed by atoms with Crippen LogP contribution in [0, 0.1) is 17.3 Å². The van der Waals surface area contributed by atoms with E-state index in [4.69, 9.17) is 9.47 Å².